The number of fused-ring (bicyclic) bond motifs is 4. The second-order valence-electron chi connectivity index (χ2n) is 7.77. The summed E-state index contributed by atoms with van der Waals surface area (Å²) in [7, 11) is 1.67. The third-order valence-electron chi connectivity index (χ3n) is 5.95. The second-order valence-corrected chi connectivity index (χ2v) is 7.77. The predicted octanol–water partition coefficient (Wildman–Crippen LogP) is 5.61. The van der Waals surface area contributed by atoms with E-state index in [1.165, 1.54) is 0 Å². The van der Waals surface area contributed by atoms with E-state index >= 15 is 0 Å². The highest BCUT2D eigenvalue weighted by atomic mass is 16.5. The minimum absolute atomic E-state index is 0.738. The van der Waals surface area contributed by atoms with E-state index in [-0.39, 0.29) is 0 Å². The first-order valence-electron chi connectivity index (χ1n) is 10.3. The molecule has 0 fully saturated rings. The average Bonchev–Trinajstić information content (AvgIpc) is 3.36. The Balaban J connectivity index is 1.69. The lowest BCUT2D eigenvalue weighted by molar-refractivity contribution is 0.393. The summed E-state index contributed by atoms with van der Waals surface area (Å²) in [5.41, 5.74) is 6.25. The maximum absolute atomic E-state index is 5.79. The van der Waals surface area contributed by atoms with Crippen LogP contribution in [0.3, 0.4) is 0 Å². The third-order valence-corrected chi connectivity index (χ3v) is 5.95. The monoisotopic (exact) mass is 421 g/mol. The number of ether oxygens (including phenoxy) is 1. The van der Waals surface area contributed by atoms with Gasteiger partial charge in [-0.2, -0.15) is 0 Å². The van der Waals surface area contributed by atoms with E-state index in [4.69, 9.17) is 9.26 Å². The van der Waals surface area contributed by atoms with Crippen molar-refractivity contribution in [3.8, 4) is 28.1 Å². The molecular weight excluding hydrogens is 402 g/mol. The van der Waals surface area contributed by atoms with Gasteiger partial charge >= 0.3 is 0 Å². The fraction of sp³-hybridized carbons (Fsp3) is 0.120. The molecule has 0 saturated heterocycles. The molecule has 0 amide bonds. The van der Waals surface area contributed by atoms with Crippen LogP contribution in [0.4, 0.5) is 0 Å². The first-order valence-corrected chi connectivity index (χ1v) is 10.3. The molecule has 4 heterocycles. The molecule has 6 rings (SSSR count). The van der Waals surface area contributed by atoms with Crippen LogP contribution in [0.25, 0.3) is 55.1 Å². The summed E-state index contributed by atoms with van der Waals surface area (Å²) in [5.74, 6) is 1.49. The minimum atomic E-state index is 0.738. The Labute approximate surface area is 183 Å². The molecule has 7 nitrogen and oxygen atoms in total. The normalized spacial score (nSPS) is 11.6. The summed E-state index contributed by atoms with van der Waals surface area (Å²) < 4.78 is 11.2. The average molecular weight is 421 g/mol. The molecule has 0 saturated carbocycles. The van der Waals surface area contributed by atoms with E-state index in [1.807, 2.05) is 38.2 Å². The molecule has 0 aliphatic heterocycles. The van der Waals surface area contributed by atoms with Gasteiger partial charge in [-0.1, -0.05) is 23.4 Å². The largest absolute Gasteiger partial charge is 0.496 e. The van der Waals surface area contributed by atoms with Crippen molar-refractivity contribution in [3.63, 3.8) is 0 Å². The summed E-state index contributed by atoms with van der Waals surface area (Å²) in [6.07, 6.45) is 5.27. The number of aromatic amines is 1. The van der Waals surface area contributed by atoms with Crippen LogP contribution in [0, 0.1) is 13.8 Å². The highest BCUT2D eigenvalue weighted by molar-refractivity contribution is 6.15. The van der Waals surface area contributed by atoms with Crippen LogP contribution in [0.5, 0.6) is 5.75 Å². The van der Waals surface area contributed by atoms with Crippen molar-refractivity contribution < 1.29 is 9.26 Å². The van der Waals surface area contributed by atoms with Gasteiger partial charge in [0.05, 0.1) is 29.4 Å². The number of nitrogens with one attached hydrogen (secondary N) is 1. The molecular formula is C25H19N5O2. The quantitative estimate of drug-likeness (QED) is 0.400. The van der Waals surface area contributed by atoms with Crippen molar-refractivity contribution in [2.45, 2.75) is 13.8 Å². The summed E-state index contributed by atoms with van der Waals surface area (Å²) >= 11 is 0. The Morgan fingerprint density at radius 3 is 2.72 bits per heavy atom. The van der Waals surface area contributed by atoms with E-state index in [2.05, 4.69) is 43.3 Å². The number of hydrogen-bond donors (Lipinski definition) is 1. The highest BCUT2D eigenvalue weighted by Gasteiger charge is 2.21. The topological polar surface area (TPSA) is 89.7 Å². The smallest absolute Gasteiger partial charge is 0.142 e. The Bertz CT molecular complexity index is 1620. The van der Waals surface area contributed by atoms with Crippen molar-refractivity contribution in [1.29, 1.82) is 0 Å². The minimum Gasteiger partial charge on any atom is -0.496 e. The molecule has 4 aromatic heterocycles. The van der Waals surface area contributed by atoms with E-state index in [0.29, 0.717) is 0 Å². The van der Waals surface area contributed by atoms with Crippen LogP contribution < -0.4 is 4.74 Å². The van der Waals surface area contributed by atoms with Crippen LogP contribution in [-0.2, 0) is 0 Å². The van der Waals surface area contributed by atoms with Crippen molar-refractivity contribution in [3.05, 3.63) is 66.6 Å². The lowest BCUT2D eigenvalue weighted by Crippen LogP contribution is -1.91. The standard InChI is InChI=1S/C25H19N5O2/c1-13-22(14(2)32-30-13)18-9-20-17(10-21(18)31-3)23-24(27-12-28-25(23)29-20)16-6-4-5-15-7-8-26-11-19(15)16/h4-12H,1-3H3,(H,27,28,29). The molecule has 0 spiro atoms. The maximum atomic E-state index is 5.79. The second kappa shape index (κ2) is 6.88. The molecule has 0 aliphatic rings. The highest BCUT2D eigenvalue weighted by Crippen LogP contribution is 2.41. The predicted molar refractivity (Wildman–Crippen MR) is 124 cm³/mol. The Hall–Kier alpha value is -4.26. The van der Waals surface area contributed by atoms with Gasteiger partial charge in [-0.25, -0.2) is 9.97 Å². The zero-order valence-electron chi connectivity index (χ0n) is 17.8. The molecule has 0 bridgehead atoms. The number of hydrogen-bond acceptors (Lipinski definition) is 6. The van der Waals surface area contributed by atoms with Gasteiger partial charge in [0.2, 0.25) is 0 Å². The number of nitrogens with zero attached hydrogens (tertiary/aromatic N) is 4. The first-order chi connectivity index (χ1) is 15.7. The van der Waals surface area contributed by atoms with Gasteiger partial charge in [0, 0.05) is 39.8 Å². The molecule has 6 aromatic rings. The van der Waals surface area contributed by atoms with Crippen molar-refractivity contribution in [1.82, 2.24) is 25.1 Å². The van der Waals surface area contributed by atoms with E-state index in [0.717, 1.165) is 72.3 Å². The summed E-state index contributed by atoms with van der Waals surface area (Å²) in [4.78, 5) is 17.0. The van der Waals surface area contributed by atoms with Crippen LogP contribution >= 0.6 is 0 Å². The fourth-order valence-electron chi connectivity index (χ4n) is 4.51. The summed E-state index contributed by atoms with van der Waals surface area (Å²) in [6, 6.07) is 12.3. The first kappa shape index (κ1) is 18.5. The van der Waals surface area contributed by atoms with Gasteiger partial charge in [0.25, 0.3) is 0 Å². The lowest BCUT2D eigenvalue weighted by Gasteiger charge is -2.10. The maximum Gasteiger partial charge on any atom is 0.142 e. The van der Waals surface area contributed by atoms with Gasteiger partial charge in [-0.15, -0.1) is 0 Å². The fourth-order valence-corrected chi connectivity index (χ4v) is 4.51. The van der Waals surface area contributed by atoms with Gasteiger partial charge < -0.3 is 14.2 Å². The zero-order chi connectivity index (χ0) is 21.8. The number of pyridine rings is 1. The Kier molecular flexibility index (Phi) is 3.98. The van der Waals surface area contributed by atoms with Crippen molar-refractivity contribution in [2.75, 3.05) is 7.11 Å². The zero-order valence-corrected chi connectivity index (χ0v) is 17.8. The summed E-state index contributed by atoms with van der Waals surface area (Å²) in [5, 5.41) is 8.20. The number of aryl methyl sites for hydroxylation is 2. The molecule has 1 N–H and O–H groups in total. The number of H-pyrrole nitrogens is 1. The molecule has 7 heteroatoms. The number of benzene rings is 2. The molecule has 32 heavy (non-hydrogen) atoms. The Morgan fingerprint density at radius 2 is 1.91 bits per heavy atom. The Morgan fingerprint density at radius 1 is 1.00 bits per heavy atom. The number of aromatic nitrogens is 5. The summed E-state index contributed by atoms with van der Waals surface area (Å²) in [6.45, 7) is 3.83. The van der Waals surface area contributed by atoms with Crippen LogP contribution in [0.1, 0.15) is 11.5 Å². The van der Waals surface area contributed by atoms with Crippen LogP contribution in [-0.4, -0.2) is 32.2 Å². The van der Waals surface area contributed by atoms with Gasteiger partial charge in [-0.05, 0) is 37.4 Å². The van der Waals surface area contributed by atoms with Crippen LogP contribution in [0.2, 0.25) is 0 Å². The molecule has 0 aliphatic carbocycles. The van der Waals surface area contributed by atoms with E-state index < -0.39 is 0 Å². The van der Waals surface area contributed by atoms with E-state index in [9.17, 15) is 0 Å². The van der Waals surface area contributed by atoms with Gasteiger partial charge in [0.15, 0.2) is 0 Å². The number of methoxy groups -OCH3 is 1. The SMILES string of the molecule is COc1cc2c(cc1-c1c(C)noc1C)[nH]c1ncnc(-c3cccc4ccncc34)c12. The molecule has 156 valence electrons. The van der Waals surface area contributed by atoms with Crippen LogP contribution in [0.15, 0.2) is 59.6 Å². The van der Waals surface area contributed by atoms with Crippen molar-refractivity contribution >= 4 is 32.7 Å². The third kappa shape index (κ3) is 2.61. The molecule has 2 aromatic carbocycles. The van der Waals surface area contributed by atoms with Gasteiger partial charge in [-0.3, -0.25) is 4.98 Å². The molecule has 0 unspecified atom stereocenters. The molecule has 0 radical (unpaired) electrons. The number of rotatable bonds is 3. The van der Waals surface area contributed by atoms with E-state index in [1.54, 1.807) is 19.6 Å². The van der Waals surface area contributed by atoms with Crippen molar-refractivity contribution in [2.24, 2.45) is 0 Å². The van der Waals surface area contributed by atoms with Gasteiger partial charge in [0.1, 0.15) is 23.5 Å². The lowest BCUT2D eigenvalue weighted by atomic mass is 9.98. The molecule has 0 atom stereocenters.